The van der Waals surface area contributed by atoms with E-state index in [2.05, 4.69) is 47.5 Å². The van der Waals surface area contributed by atoms with E-state index in [0.29, 0.717) is 12.5 Å². The molecule has 4 nitrogen and oxygen atoms in total. The number of hydrazone groups is 1. The van der Waals surface area contributed by atoms with Gasteiger partial charge in [0, 0.05) is 6.21 Å². The third-order valence-corrected chi connectivity index (χ3v) is 2.60. The fraction of sp³-hybridized carbons (Fsp3) is 0.643. The molecule has 18 heavy (non-hydrogen) atoms. The highest BCUT2D eigenvalue weighted by molar-refractivity contribution is 5.70. The van der Waals surface area contributed by atoms with Gasteiger partial charge in [-0.05, 0) is 44.1 Å². The predicted octanol–water partition coefficient (Wildman–Crippen LogP) is 4.13. The first-order valence-electron chi connectivity index (χ1n) is 6.62. The SMILES string of the molecule is C=CCC(C)CCC(C)/C=C/C=N/NN=NCC. The van der Waals surface area contributed by atoms with Crippen molar-refractivity contribution in [2.24, 2.45) is 27.3 Å². The summed E-state index contributed by atoms with van der Waals surface area (Å²) in [5.41, 5.74) is 2.49. The zero-order valence-electron chi connectivity index (χ0n) is 11.8. The van der Waals surface area contributed by atoms with Crippen LogP contribution in [0.2, 0.25) is 0 Å². The maximum atomic E-state index is 3.87. The topological polar surface area (TPSA) is 49.1 Å². The second kappa shape index (κ2) is 12.0. The van der Waals surface area contributed by atoms with Crippen molar-refractivity contribution in [2.45, 2.75) is 40.0 Å². The van der Waals surface area contributed by atoms with Crippen LogP contribution in [0.25, 0.3) is 0 Å². The van der Waals surface area contributed by atoms with Crippen LogP contribution in [0.15, 0.2) is 40.2 Å². The van der Waals surface area contributed by atoms with Gasteiger partial charge in [0.25, 0.3) is 0 Å². The summed E-state index contributed by atoms with van der Waals surface area (Å²) in [6.45, 7) is 10.8. The van der Waals surface area contributed by atoms with Gasteiger partial charge in [-0.2, -0.15) is 15.8 Å². The normalized spacial score (nSPS) is 15.5. The van der Waals surface area contributed by atoms with Gasteiger partial charge >= 0.3 is 0 Å². The minimum atomic E-state index is 0.570. The lowest BCUT2D eigenvalue weighted by Gasteiger charge is -2.10. The van der Waals surface area contributed by atoms with E-state index in [0.717, 1.165) is 12.3 Å². The van der Waals surface area contributed by atoms with E-state index in [1.54, 1.807) is 6.21 Å². The van der Waals surface area contributed by atoms with Gasteiger partial charge in [-0.15, -0.1) is 6.58 Å². The summed E-state index contributed by atoms with van der Waals surface area (Å²) in [6, 6.07) is 0. The first kappa shape index (κ1) is 16.6. The summed E-state index contributed by atoms with van der Waals surface area (Å²) in [4.78, 5) is 0. The summed E-state index contributed by atoms with van der Waals surface area (Å²) >= 11 is 0. The second-order valence-corrected chi connectivity index (χ2v) is 4.50. The molecule has 1 N–H and O–H groups in total. The molecule has 0 aromatic carbocycles. The molecule has 2 atom stereocenters. The lowest BCUT2D eigenvalue weighted by atomic mass is 9.96. The fourth-order valence-corrected chi connectivity index (χ4v) is 1.49. The van der Waals surface area contributed by atoms with E-state index < -0.39 is 0 Å². The van der Waals surface area contributed by atoms with Crippen molar-refractivity contribution < 1.29 is 0 Å². The Morgan fingerprint density at radius 2 is 2.06 bits per heavy atom. The van der Waals surface area contributed by atoms with Crippen LogP contribution >= 0.6 is 0 Å². The van der Waals surface area contributed by atoms with Crippen LogP contribution in [0, 0.1) is 11.8 Å². The Hall–Kier alpha value is -1.45. The molecule has 0 aliphatic rings. The van der Waals surface area contributed by atoms with Crippen LogP contribution in [0.3, 0.4) is 0 Å². The Bertz CT molecular complexity index is 282. The molecule has 0 saturated heterocycles. The summed E-state index contributed by atoms with van der Waals surface area (Å²) in [6.07, 6.45) is 11.3. The molecule has 4 heteroatoms. The molecule has 0 aromatic rings. The largest absolute Gasteiger partial charge is 0.179 e. The van der Waals surface area contributed by atoms with E-state index in [9.17, 15) is 0 Å². The van der Waals surface area contributed by atoms with Crippen LogP contribution in [0.1, 0.15) is 40.0 Å². The van der Waals surface area contributed by atoms with E-state index in [1.165, 1.54) is 12.8 Å². The smallest absolute Gasteiger partial charge is 0.0592 e. The van der Waals surface area contributed by atoms with Crippen molar-refractivity contribution in [1.29, 1.82) is 0 Å². The fourth-order valence-electron chi connectivity index (χ4n) is 1.49. The standard InChI is InChI=1S/C14H26N4/c1-5-8-13(3)10-11-14(4)9-7-12-16-18-17-15-6-2/h5,7,9,12-14H,1,6,8,10-11H2,2-4H3,(H,15,18)/b9-7+,16-12+. The molecule has 0 spiro atoms. The molecule has 0 radical (unpaired) electrons. The third-order valence-electron chi connectivity index (χ3n) is 2.60. The van der Waals surface area contributed by atoms with Crippen molar-refractivity contribution >= 4 is 6.21 Å². The predicted molar refractivity (Wildman–Crippen MR) is 78.5 cm³/mol. The molecular formula is C14H26N4. The summed E-state index contributed by atoms with van der Waals surface area (Å²) in [5.74, 6) is 1.30. The Labute approximate surface area is 111 Å². The van der Waals surface area contributed by atoms with Gasteiger partial charge in [-0.1, -0.05) is 31.2 Å². The monoisotopic (exact) mass is 250 g/mol. The lowest BCUT2D eigenvalue weighted by Crippen LogP contribution is -1.97. The molecule has 0 bridgehead atoms. The molecule has 0 amide bonds. The van der Waals surface area contributed by atoms with Crippen LogP contribution in [-0.2, 0) is 0 Å². The number of allylic oxidation sites excluding steroid dienone is 3. The molecule has 0 aliphatic carbocycles. The minimum Gasteiger partial charge on any atom is -0.179 e. The molecule has 0 rings (SSSR count). The van der Waals surface area contributed by atoms with E-state index in [-0.39, 0.29) is 0 Å². The Morgan fingerprint density at radius 3 is 2.72 bits per heavy atom. The van der Waals surface area contributed by atoms with Gasteiger partial charge in [0.15, 0.2) is 0 Å². The number of hydrogen-bond donors (Lipinski definition) is 1. The van der Waals surface area contributed by atoms with E-state index >= 15 is 0 Å². The number of hydrogen-bond acceptors (Lipinski definition) is 3. The molecule has 0 fully saturated rings. The Balaban J connectivity index is 3.69. The molecule has 0 heterocycles. The van der Waals surface area contributed by atoms with Gasteiger partial charge in [-0.25, -0.2) is 0 Å². The Morgan fingerprint density at radius 1 is 1.28 bits per heavy atom. The maximum absolute atomic E-state index is 3.87. The van der Waals surface area contributed by atoms with Crippen molar-refractivity contribution in [3.8, 4) is 0 Å². The molecule has 0 saturated carbocycles. The van der Waals surface area contributed by atoms with Crippen molar-refractivity contribution in [3.05, 3.63) is 24.8 Å². The zero-order chi connectivity index (χ0) is 13.6. The lowest BCUT2D eigenvalue weighted by molar-refractivity contribution is 0.475. The summed E-state index contributed by atoms with van der Waals surface area (Å²) in [7, 11) is 0. The zero-order valence-corrected chi connectivity index (χ0v) is 11.8. The van der Waals surface area contributed by atoms with Crippen molar-refractivity contribution in [2.75, 3.05) is 6.54 Å². The average Bonchev–Trinajstić information content (AvgIpc) is 2.35. The Kier molecular flexibility index (Phi) is 11.1. The molecular weight excluding hydrogens is 224 g/mol. The number of nitrogens with one attached hydrogen (secondary N) is 1. The van der Waals surface area contributed by atoms with Crippen LogP contribution in [0.4, 0.5) is 0 Å². The molecule has 2 unspecified atom stereocenters. The van der Waals surface area contributed by atoms with E-state index in [4.69, 9.17) is 0 Å². The first-order valence-corrected chi connectivity index (χ1v) is 6.62. The van der Waals surface area contributed by atoms with Crippen molar-refractivity contribution in [1.82, 2.24) is 5.53 Å². The highest BCUT2D eigenvalue weighted by Crippen LogP contribution is 2.16. The van der Waals surface area contributed by atoms with Crippen molar-refractivity contribution in [3.63, 3.8) is 0 Å². The summed E-state index contributed by atoms with van der Waals surface area (Å²) < 4.78 is 0. The van der Waals surface area contributed by atoms with Gasteiger partial charge < -0.3 is 0 Å². The van der Waals surface area contributed by atoms with Crippen LogP contribution in [-0.4, -0.2) is 12.8 Å². The highest BCUT2D eigenvalue weighted by atomic mass is 15.6. The quantitative estimate of drug-likeness (QED) is 0.269. The average molecular weight is 250 g/mol. The highest BCUT2D eigenvalue weighted by Gasteiger charge is 2.02. The van der Waals surface area contributed by atoms with Gasteiger partial charge in [0.2, 0.25) is 0 Å². The van der Waals surface area contributed by atoms with Gasteiger partial charge in [-0.3, -0.25) is 0 Å². The van der Waals surface area contributed by atoms with Crippen LogP contribution in [0.5, 0.6) is 0 Å². The van der Waals surface area contributed by atoms with Gasteiger partial charge in [0.1, 0.15) is 0 Å². The number of nitrogens with zero attached hydrogens (tertiary/aromatic N) is 3. The third kappa shape index (κ3) is 11.0. The maximum Gasteiger partial charge on any atom is 0.0592 e. The van der Waals surface area contributed by atoms with Crippen LogP contribution < -0.4 is 5.53 Å². The molecule has 0 aromatic heterocycles. The minimum absolute atomic E-state index is 0.570. The summed E-state index contributed by atoms with van der Waals surface area (Å²) in [5, 5.41) is 11.2. The van der Waals surface area contributed by atoms with Gasteiger partial charge in [0.05, 0.1) is 6.54 Å². The molecule has 0 aliphatic heterocycles. The van der Waals surface area contributed by atoms with E-state index in [1.807, 2.05) is 19.1 Å². The first-order chi connectivity index (χ1) is 8.70. The second-order valence-electron chi connectivity index (χ2n) is 4.50. The molecule has 102 valence electrons. The number of rotatable bonds is 10.